The summed E-state index contributed by atoms with van der Waals surface area (Å²) in [6.07, 6.45) is 0.533. The highest BCUT2D eigenvalue weighted by Crippen LogP contribution is 2.26. The van der Waals surface area contributed by atoms with Gasteiger partial charge in [-0.2, -0.15) is 0 Å². The second-order valence-electron chi connectivity index (χ2n) is 4.06. The molecular weight excluding hydrogens is 154 g/mol. The lowest BCUT2D eigenvalue weighted by molar-refractivity contribution is 0.0526. The van der Waals surface area contributed by atoms with Gasteiger partial charge in [-0.05, 0) is 27.2 Å². The number of alkyl carbamates (subject to hydrolysis) is 1. The van der Waals surface area contributed by atoms with Crippen molar-refractivity contribution >= 4 is 6.09 Å². The molecule has 0 heterocycles. The lowest BCUT2D eigenvalue weighted by Crippen LogP contribution is -2.33. The Kier molecular flexibility index (Phi) is 2.13. The van der Waals surface area contributed by atoms with E-state index >= 15 is 0 Å². The van der Waals surface area contributed by atoms with Gasteiger partial charge in [0.25, 0.3) is 0 Å². The zero-order valence-corrected chi connectivity index (χ0v) is 7.81. The van der Waals surface area contributed by atoms with Gasteiger partial charge in [0.15, 0.2) is 0 Å². The van der Waals surface area contributed by atoms with Crippen LogP contribution in [0.5, 0.6) is 0 Å². The van der Waals surface area contributed by atoms with Crippen LogP contribution in [0, 0.1) is 0 Å². The van der Waals surface area contributed by atoms with E-state index in [4.69, 9.17) is 4.74 Å². The summed E-state index contributed by atoms with van der Waals surface area (Å²) in [6.45, 7) is 9.25. The molecule has 1 rings (SSSR count). The molecule has 0 spiro atoms. The molecule has 0 radical (unpaired) electrons. The van der Waals surface area contributed by atoms with Crippen LogP contribution in [0.2, 0.25) is 0 Å². The van der Waals surface area contributed by atoms with Gasteiger partial charge >= 0.3 is 6.09 Å². The van der Waals surface area contributed by atoms with Crippen LogP contribution in [0.4, 0.5) is 4.79 Å². The molecule has 1 aliphatic rings. The average Bonchev–Trinajstić information content (AvgIpc) is 2.40. The molecule has 1 aliphatic carbocycles. The van der Waals surface area contributed by atoms with Crippen molar-refractivity contribution in [3.63, 3.8) is 0 Å². The molecule has 1 amide bonds. The SMILES string of the molecule is C=C1CC1NC(=O)OC(C)(C)C. The quantitative estimate of drug-likeness (QED) is 0.608. The molecule has 1 atom stereocenters. The Morgan fingerprint density at radius 3 is 2.50 bits per heavy atom. The summed E-state index contributed by atoms with van der Waals surface area (Å²) in [4.78, 5) is 11.1. The van der Waals surface area contributed by atoms with Crippen LogP contribution in [-0.4, -0.2) is 17.7 Å². The zero-order valence-electron chi connectivity index (χ0n) is 7.81. The summed E-state index contributed by atoms with van der Waals surface area (Å²) in [5.74, 6) is 0. The minimum absolute atomic E-state index is 0.153. The minimum Gasteiger partial charge on any atom is -0.444 e. The fraction of sp³-hybridized carbons (Fsp3) is 0.667. The van der Waals surface area contributed by atoms with Crippen molar-refractivity contribution in [2.75, 3.05) is 0 Å². The number of nitrogens with one attached hydrogen (secondary N) is 1. The Hall–Kier alpha value is -0.990. The first-order valence-electron chi connectivity index (χ1n) is 4.06. The van der Waals surface area contributed by atoms with Gasteiger partial charge < -0.3 is 10.1 Å². The summed E-state index contributed by atoms with van der Waals surface area (Å²) in [5.41, 5.74) is 0.654. The number of hydrogen-bond acceptors (Lipinski definition) is 2. The van der Waals surface area contributed by atoms with Crippen LogP contribution >= 0.6 is 0 Å². The third-order valence-corrected chi connectivity index (χ3v) is 1.49. The van der Waals surface area contributed by atoms with Crippen LogP contribution in [0.3, 0.4) is 0 Å². The molecular formula is C9H15NO2. The summed E-state index contributed by atoms with van der Waals surface area (Å²) in [6, 6.07) is 0.153. The van der Waals surface area contributed by atoms with E-state index in [0.29, 0.717) is 0 Å². The molecule has 3 heteroatoms. The second-order valence-corrected chi connectivity index (χ2v) is 4.06. The first-order chi connectivity index (χ1) is 5.38. The fourth-order valence-electron chi connectivity index (χ4n) is 0.806. The Morgan fingerprint density at radius 1 is 1.67 bits per heavy atom. The van der Waals surface area contributed by atoms with Gasteiger partial charge in [-0.1, -0.05) is 12.2 Å². The fourth-order valence-corrected chi connectivity index (χ4v) is 0.806. The molecule has 1 unspecified atom stereocenters. The standard InChI is InChI=1S/C9H15NO2/c1-6-5-7(6)10-8(11)12-9(2,3)4/h7H,1,5H2,2-4H3,(H,10,11). The molecule has 0 aliphatic heterocycles. The maximum absolute atomic E-state index is 11.1. The molecule has 0 aromatic carbocycles. The molecule has 0 saturated heterocycles. The molecule has 0 aromatic heterocycles. The maximum atomic E-state index is 11.1. The van der Waals surface area contributed by atoms with Gasteiger partial charge in [0.05, 0.1) is 6.04 Å². The van der Waals surface area contributed by atoms with E-state index in [2.05, 4.69) is 11.9 Å². The summed E-state index contributed by atoms with van der Waals surface area (Å²) in [5, 5.41) is 2.70. The van der Waals surface area contributed by atoms with Crippen LogP contribution in [0.15, 0.2) is 12.2 Å². The minimum atomic E-state index is -0.416. The number of rotatable bonds is 1. The smallest absolute Gasteiger partial charge is 0.408 e. The first-order valence-corrected chi connectivity index (χ1v) is 4.06. The van der Waals surface area contributed by atoms with Crippen molar-refractivity contribution in [2.45, 2.75) is 38.8 Å². The zero-order chi connectivity index (χ0) is 9.35. The van der Waals surface area contributed by atoms with Crippen molar-refractivity contribution in [3.8, 4) is 0 Å². The van der Waals surface area contributed by atoms with E-state index in [-0.39, 0.29) is 12.1 Å². The number of carbonyl (C=O) groups excluding carboxylic acids is 1. The van der Waals surface area contributed by atoms with E-state index in [9.17, 15) is 4.79 Å². The van der Waals surface area contributed by atoms with Crippen molar-refractivity contribution in [2.24, 2.45) is 0 Å². The lowest BCUT2D eigenvalue weighted by atomic mass is 10.2. The van der Waals surface area contributed by atoms with E-state index in [1.54, 1.807) is 0 Å². The van der Waals surface area contributed by atoms with E-state index in [1.165, 1.54) is 0 Å². The largest absolute Gasteiger partial charge is 0.444 e. The highest BCUT2D eigenvalue weighted by atomic mass is 16.6. The molecule has 1 fully saturated rings. The van der Waals surface area contributed by atoms with Crippen molar-refractivity contribution < 1.29 is 9.53 Å². The third-order valence-electron chi connectivity index (χ3n) is 1.49. The Balaban J connectivity index is 2.25. The predicted molar refractivity (Wildman–Crippen MR) is 46.9 cm³/mol. The topological polar surface area (TPSA) is 38.3 Å². The molecule has 0 bridgehead atoms. The number of carbonyl (C=O) groups is 1. The third kappa shape index (κ3) is 2.95. The van der Waals surface area contributed by atoms with Gasteiger partial charge in [0, 0.05) is 0 Å². The lowest BCUT2D eigenvalue weighted by Gasteiger charge is -2.19. The number of amides is 1. The predicted octanol–water partition coefficient (Wildman–Crippen LogP) is 1.84. The first kappa shape index (κ1) is 9.10. The van der Waals surface area contributed by atoms with Crippen molar-refractivity contribution in [1.29, 1.82) is 0 Å². The van der Waals surface area contributed by atoms with E-state index in [0.717, 1.165) is 12.0 Å². The highest BCUT2D eigenvalue weighted by molar-refractivity contribution is 5.69. The van der Waals surface area contributed by atoms with Crippen LogP contribution in [-0.2, 0) is 4.74 Å². The van der Waals surface area contributed by atoms with Crippen molar-refractivity contribution in [1.82, 2.24) is 5.32 Å². The Morgan fingerprint density at radius 2 is 2.17 bits per heavy atom. The van der Waals surface area contributed by atoms with E-state index < -0.39 is 5.60 Å². The average molecular weight is 169 g/mol. The molecule has 1 saturated carbocycles. The number of ether oxygens (including phenoxy) is 1. The van der Waals surface area contributed by atoms with Gasteiger partial charge in [-0.3, -0.25) is 0 Å². The summed E-state index contributed by atoms with van der Waals surface area (Å²) < 4.78 is 5.05. The monoisotopic (exact) mass is 169 g/mol. The Bertz CT molecular complexity index is 215. The summed E-state index contributed by atoms with van der Waals surface area (Å²) in [7, 11) is 0. The number of hydrogen-bond donors (Lipinski definition) is 1. The molecule has 12 heavy (non-hydrogen) atoms. The van der Waals surface area contributed by atoms with Crippen LogP contribution in [0.1, 0.15) is 27.2 Å². The molecule has 1 N–H and O–H groups in total. The van der Waals surface area contributed by atoms with Gasteiger partial charge in [-0.15, -0.1) is 0 Å². The Labute approximate surface area is 72.8 Å². The summed E-state index contributed by atoms with van der Waals surface area (Å²) >= 11 is 0. The molecule has 68 valence electrons. The van der Waals surface area contributed by atoms with Gasteiger partial charge in [0.1, 0.15) is 5.60 Å². The van der Waals surface area contributed by atoms with Crippen LogP contribution in [0.25, 0.3) is 0 Å². The van der Waals surface area contributed by atoms with Gasteiger partial charge in [0.2, 0.25) is 0 Å². The second kappa shape index (κ2) is 2.81. The molecule has 3 nitrogen and oxygen atoms in total. The van der Waals surface area contributed by atoms with E-state index in [1.807, 2.05) is 20.8 Å². The maximum Gasteiger partial charge on any atom is 0.408 e. The normalized spacial score (nSPS) is 21.9. The molecule has 0 aromatic rings. The van der Waals surface area contributed by atoms with Crippen LogP contribution < -0.4 is 5.32 Å². The van der Waals surface area contributed by atoms with Crippen molar-refractivity contribution in [3.05, 3.63) is 12.2 Å². The highest BCUT2D eigenvalue weighted by Gasteiger charge is 2.30. The van der Waals surface area contributed by atoms with Gasteiger partial charge in [-0.25, -0.2) is 4.79 Å².